The number of ether oxygens (including phenoxy) is 1. The van der Waals surface area contributed by atoms with E-state index in [9.17, 15) is 15.4 Å². The summed E-state index contributed by atoms with van der Waals surface area (Å²) < 4.78 is 5.16. The fraction of sp³-hybridized carbons (Fsp3) is 0.381. The largest absolute Gasteiger partial charge is 0.380 e. The molecule has 10 nitrogen and oxygen atoms in total. The summed E-state index contributed by atoms with van der Waals surface area (Å²) in [6.07, 6.45) is 1.53. The number of hydrazone groups is 1. The molecule has 1 aromatic heterocycles. The highest BCUT2D eigenvalue weighted by atomic mass is 16.6. The number of hydrogen-bond donors (Lipinski definition) is 1. The maximum atomic E-state index is 11.3. The third-order valence-electron chi connectivity index (χ3n) is 5.08. The highest BCUT2D eigenvalue weighted by molar-refractivity contribution is 5.89. The van der Waals surface area contributed by atoms with Crippen LogP contribution in [0.5, 0.6) is 0 Å². The standard InChI is InChI=1S/C21H25N7O3/c1-15-10-17(14-31-3)19(12-22)21(24-15)25-23-13-16-11-18(28(29)30)4-5-20(16)27-8-6-26(2)7-9-27/h4-5,10-11,13H,6-9,14H2,1-3H3,(H,24,25)/b23-13-. The number of non-ortho nitro benzene ring substituents is 1. The number of nitrogens with one attached hydrogen (secondary N) is 1. The number of pyridine rings is 1. The molecule has 0 bridgehead atoms. The van der Waals surface area contributed by atoms with Crippen molar-refractivity contribution in [3.63, 3.8) is 0 Å². The summed E-state index contributed by atoms with van der Waals surface area (Å²) in [5.74, 6) is 0.317. The van der Waals surface area contributed by atoms with Crippen molar-refractivity contribution in [1.29, 1.82) is 5.26 Å². The first-order valence-electron chi connectivity index (χ1n) is 9.83. The van der Waals surface area contributed by atoms with E-state index in [0.717, 1.165) is 37.6 Å². The molecule has 1 saturated heterocycles. The van der Waals surface area contributed by atoms with Crippen LogP contribution in [0, 0.1) is 28.4 Å². The van der Waals surface area contributed by atoms with Gasteiger partial charge in [-0.25, -0.2) is 4.98 Å². The lowest BCUT2D eigenvalue weighted by Crippen LogP contribution is -2.44. The molecule has 1 N–H and O–H groups in total. The number of nitrogens with zero attached hydrogens (tertiary/aromatic N) is 6. The molecule has 3 rings (SSSR count). The maximum absolute atomic E-state index is 11.3. The summed E-state index contributed by atoms with van der Waals surface area (Å²) in [6.45, 7) is 5.56. The lowest BCUT2D eigenvalue weighted by molar-refractivity contribution is -0.384. The highest BCUT2D eigenvalue weighted by Crippen LogP contribution is 2.26. The lowest BCUT2D eigenvalue weighted by Gasteiger charge is -2.34. The van der Waals surface area contributed by atoms with Crippen molar-refractivity contribution >= 4 is 23.4 Å². The second kappa shape index (κ2) is 9.97. The molecule has 1 aromatic carbocycles. The molecule has 1 fully saturated rings. The Morgan fingerprint density at radius 1 is 1.35 bits per heavy atom. The average Bonchev–Trinajstić information content (AvgIpc) is 2.74. The number of rotatable bonds is 7. The number of hydrogen-bond acceptors (Lipinski definition) is 9. The molecule has 0 unspecified atom stereocenters. The molecule has 0 aliphatic carbocycles. The topological polar surface area (TPSA) is 120 Å². The van der Waals surface area contributed by atoms with Crippen molar-refractivity contribution in [3.05, 3.63) is 56.8 Å². The van der Waals surface area contributed by atoms with Gasteiger partial charge >= 0.3 is 0 Å². The summed E-state index contributed by atoms with van der Waals surface area (Å²) in [5, 5.41) is 25.1. The Morgan fingerprint density at radius 3 is 2.74 bits per heavy atom. The monoisotopic (exact) mass is 423 g/mol. The van der Waals surface area contributed by atoms with Crippen LogP contribution < -0.4 is 10.3 Å². The number of benzene rings is 1. The van der Waals surface area contributed by atoms with Crippen molar-refractivity contribution in [2.45, 2.75) is 13.5 Å². The predicted octanol–water partition coefficient (Wildman–Crippen LogP) is 2.51. The van der Waals surface area contributed by atoms with Crippen LogP contribution in [0.1, 0.15) is 22.4 Å². The van der Waals surface area contributed by atoms with Gasteiger partial charge in [0.15, 0.2) is 5.82 Å². The Kier molecular flexibility index (Phi) is 7.12. The zero-order chi connectivity index (χ0) is 22.4. The number of anilines is 2. The van der Waals surface area contributed by atoms with E-state index in [2.05, 4.69) is 38.4 Å². The minimum atomic E-state index is -0.425. The minimum Gasteiger partial charge on any atom is -0.380 e. The smallest absolute Gasteiger partial charge is 0.270 e. The van der Waals surface area contributed by atoms with E-state index >= 15 is 0 Å². The lowest BCUT2D eigenvalue weighted by atomic mass is 10.1. The van der Waals surface area contributed by atoms with Gasteiger partial charge in [0.2, 0.25) is 0 Å². The van der Waals surface area contributed by atoms with Crippen LogP contribution in [0.25, 0.3) is 0 Å². The van der Waals surface area contributed by atoms with Crippen LogP contribution in [-0.4, -0.2) is 61.4 Å². The maximum Gasteiger partial charge on any atom is 0.270 e. The molecule has 31 heavy (non-hydrogen) atoms. The third-order valence-corrected chi connectivity index (χ3v) is 5.08. The Morgan fingerprint density at radius 2 is 2.10 bits per heavy atom. The Labute approximate surface area is 180 Å². The number of aryl methyl sites for hydroxylation is 1. The van der Waals surface area contributed by atoms with Crippen LogP contribution in [-0.2, 0) is 11.3 Å². The fourth-order valence-electron chi connectivity index (χ4n) is 3.47. The van der Waals surface area contributed by atoms with E-state index in [-0.39, 0.29) is 12.3 Å². The second-order valence-electron chi connectivity index (χ2n) is 7.35. The first-order chi connectivity index (χ1) is 14.9. The molecule has 0 atom stereocenters. The van der Waals surface area contributed by atoms with E-state index in [4.69, 9.17) is 4.74 Å². The third kappa shape index (κ3) is 5.33. The molecule has 162 valence electrons. The molecule has 2 heterocycles. The van der Waals surface area contributed by atoms with Crippen molar-refractivity contribution < 1.29 is 9.66 Å². The van der Waals surface area contributed by atoms with Crippen LogP contribution in [0.15, 0.2) is 29.4 Å². The van der Waals surface area contributed by atoms with Gasteiger partial charge in [-0.2, -0.15) is 10.4 Å². The van der Waals surface area contributed by atoms with Crippen LogP contribution in [0.3, 0.4) is 0 Å². The van der Waals surface area contributed by atoms with Gasteiger partial charge in [-0.05, 0) is 26.1 Å². The van der Waals surface area contributed by atoms with Gasteiger partial charge in [0, 0.05) is 67.9 Å². The van der Waals surface area contributed by atoms with Crippen LogP contribution in [0.4, 0.5) is 17.2 Å². The van der Waals surface area contributed by atoms with Crippen LogP contribution in [0.2, 0.25) is 0 Å². The molecule has 1 aliphatic rings. The molecule has 0 radical (unpaired) electrons. The Balaban J connectivity index is 1.90. The van der Waals surface area contributed by atoms with Gasteiger partial charge < -0.3 is 14.5 Å². The van der Waals surface area contributed by atoms with Gasteiger partial charge in [-0.1, -0.05) is 0 Å². The zero-order valence-electron chi connectivity index (χ0n) is 17.8. The first kappa shape index (κ1) is 22.1. The molecule has 0 spiro atoms. The number of nitro groups is 1. The van der Waals surface area contributed by atoms with Crippen molar-refractivity contribution in [2.75, 3.05) is 50.7 Å². The second-order valence-corrected chi connectivity index (χ2v) is 7.35. The number of nitriles is 1. The summed E-state index contributed by atoms with van der Waals surface area (Å²) in [4.78, 5) is 19.6. The number of likely N-dealkylation sites (N-methyl/N-ethyl adjacent to an activating group) is 1. The van der Waals surface area contributed by atoms with Gasteiger partial charge in [-0.15, -0.1) is 0 Å². The normalized spacial score (nSPS) is 14.6. The number of piperazine rings is 1. The van der Waals surface area contributed by atoms with Gasteiger partial charge in [0.05, 0.1) is 17.7 Å². The van der Waals surface area contributed by atoms with Crippen molar-refractivity contribution in [2.24, 2.45) is 5.10 Å². The van der Waals surface area contributed by atoms with Crippen LogP contribution >= 0.6 is 0 Å². The summed E-state index contributed by atoms with van der Waals surface area (Å²) >= 11 is 0. The molecular formula is C21H25N7O3. The van der Waals surface area contributed by atoms with E-state index in [1.165, 1.54) is 18.3 Å². The number of methoxy groups -OCH3 is 1. The predicted molar refractivity (Wildman–Crippen MR) is 118 cm³/mol. The van der Waals surface area contributed by atoms with Gasteiger partial charge in [-0.3, -0.25) is 15.5 Å². The minimum absolute atomic E-state index is 0.00639. The van der Waals surface area contributed by atoms with E-state index < -0.39 is 4.92 Å². The fourth-order valence-corrected chi connectivity index (χ4v) is 3.47. The van der Waals surface area contributed by atoms with Gasteiger partial charge in [0.1, 0.15) is 11.6 Å². The summed E-state index contributed by atoms with van der Waals surface area (Å²) in [7, 11) is 3.63. The van der Waals surface area contributed by atoms with E-state index in [0.29, 0.717) is 22.5 Å². The van der Waals surface area contributed by atoms with E-state index in [1.54, 1.807) is 19.2 Å². The van der Waals surface area contributed by atoms with Gasteiger partial charge in [0.25, 0.3) is 5.69 Å². The zero-order valence-corrected chi connectivity index (χ0v) is 17.8. The van der Waals surface area contributed by atoms with Crippen molar-refractivity contribution in [1.82, 2.24) is 9.88 Å². The molecule has 2 aromatic rings. The molecule has 0 amide bonds. The first-order valence-corrected chi connectivity index (χ1v) is 9.83. The summed E-state index contributed by atoms with van der Waals surface area (Å²) in [5.41, 5.74) is 6.09. The molecule has 1 aliphatic heterocycles. The average molecular weight is 423 g/mol. The Bertz CT molecular complexity index is 1020. The van der Waals surface area contributed by atoms with Crippen molar-refractivity contribution in [3.8, 4) is 6.07 Å². The molecule has 0 saturated carbocycles. The number of nitro benzene ring substituents is 1. The molecule has 10 heteroatoms. The number of aromatic nitrogens is 1. The summed E-state index contributed by atoms with van der Waals surface area (Å²) in [6, 6.07) is 8.70. The SMILES string of the molecule is COCc1cc(C)nc(N/N=C\c2cc([N+](=O)[O-])ccc2N2CCN(C)CC2)c1C#N. The van der Waals surface area contributed by atoms with E-state index in [1.807, 2.05) is 6.92 Å². The quantitative estimate of drug-likeness (QED) is 0.410. The Hall–Kier alpha value is -3.55. The highest BCUT2D eigenvalue weighted by Gasteiger charge is 2.19. The molecular weight excluding hydrogens is 398 g/mol.